The van der Waals surface area contributed by atoms with E-state index in [4.69, 9.17) is 10.8 Å². The van der Waals surface area contributed by atoms with Gasteiger partial charge in [-0.05, 0) is 31.7 Å². The normalized spacial score (nSPS) is 25.4. The van der Waals surface area contributed by atoms with Crippen molar-refractivity contribution < 1.29 is 14.7 Å². The average Bonchev–Trinajstić information content (AvgIpc) is 2.36. The summed E-state index contributed by atoms with van der Waals surface area (Å²) in [4.78, 5) is 22.7. The van der Waals surface area contributed by atoms with Crippen molar-refractivity contribution in [2.24, 2.45) is 17.6 Å². The van der Waals surface area contributed by atoms with Gasteiger partial charge in [0.25, 0.3) is 0 Å². The summed E-state index contributed by atoms with van der Waals surface area (Å²) in [6.07, 6.45) is 4.38. The number of nitrogens with one attached hydrogen (secondary N) is 1. The first-order chi connectivity index (χ1) is 8.56. The first kappa shape index (κ1) is 15.0. The summed E-state index contributed by atoms with van der Waals surface area (Å²) in [5.41, 5.74) is 5.57. The molecule has 1 fully saturated rings. The molecule has 0 saturated heterocycles. The van der Waals surface area contributed by atoms with Crippen LogP contribution in [0.5, 0.6) is 0 Å². The van der Waals surface area contributed by atoms with E-state index < -0.39 is 5.97 Å². The lowest BCUT2D eigenvalue weighted by atomic mass is 9.85. The number of carboxylic acid groups (broad SMARTS) is 1. The Bertz CT molecular complexity index is 290. The van der Waals surface area contributed by atoms with Gasteiger partial charge in [-0.1, -0.05) is 19.8 Å². The Labute approximate surface area is 108 Å². The maximum Gasteiger partial charge on any atom is 0.306 e. The zero-order chi connectivity index (χ0) is 13.5. The van der Waals surface area contributed by atoms with Crippen molar-refractivity contribution >= 4 is 11.9 Å². The van der Waals surface area contributed by atoms with Crippen LogP contribution in [-0.2, 0) is 9.59 Å². The molecule has 0 aromatic rings. The molecule has 0 radical (unpaired) electrons. The highest BCUT2D eigenvalue weighted by molar-refractivity contribution is 5.76. The summed E-state index contributed by atoms with van der Waals surface area (Å²) < 4.78 is 0. The van der Waals surface area contributed by atoms with E-state index in [1.165, 1.54) is 0 Å². The molecule has 0 aromatic carbocycles. The number of amides is 1. The van der Waals surface area contributed by atoms with Crippen LogP contribution in [0.3, 0.4) is 0 Å². The molecule has 1 rings (SSSR count). The second-order valence-electron chi connectivity index (χ2n) is 5.18. The maximum absolute atomic E-state index is 11.8. The van der Waals surface area contributed by atoms with Crippen molar-refractivity contribution in [1.29, 1.82) is 0 Å². The Morgan fingerprint density at radius 3 is 2.72 bits per heavy atom. The summed E-state index contributed by atoms with van der Waals surface area (Å²) in [6, 6.07) is 0.0163. The highest BCUT2D eigenvalue weighted by atomic mass is 16.4. The van der Waals surface area contributed by atoms with Crippen LogP contribution < -0.4 is 11.1 Å². The van der Waals surface area contributed by atoms with E-state index in [9.17, 15) is 9.59 Å². The van der Waals surface area contributed by atoms with E-state index in [1.807, 2.05) is 6.92 Å². The maximum atomic E-state index is 11.8. The average molecular weight is 256 g/mol. The van der Waals surface area contributed by atoms with Crippen LogP contribution in [0.4, 0.5) is 0 Å². The minimum absolute atomic E-state index is 0.00309. The zero-order valence-electron chi connectivity index (χ0n) is 11.0. The number of carbonyl (C=O) groups excluding carboxylic acids is 1. The summed E-state index contributed by atoms with van der Waals surface area (Å²) in [6.45, 7) is 2.54. The molecule has 1 aliphatic carbocycles. The van der Waals surface area contributed by atoms with Crippen molar-refractivity contribution in [2.45, 2.75) is 51.5 Å². The van der Waals surface area contributed by atoms with Crippen LogP contribution in [0.15, 0.2) is 0 Å². The third-order valence-electron chi connectivity index (χ3n) is 3.77. The Kier molecular flexibility index (Phi) is 6.12. The van der Waals surface area contributed by atoms with Crippen LogP contribution in [0.2, 0.25) is 0 Å². The summed E-state index contributed by atoms with van der Waals surface area (Å²) in [5.74, 6) is -0.824. The van der Waals surface area contributed by atoms with Crippen molar-refractivity contribution in [3.8, 4) is 0 Å². The van der Waals surface area contributed by atoms with Crippen LogP contribution in [0.25, 0.3) is 0 Å². The molecule has 104 valence electrons. The predicted molar refractivity (Wildman–Crippen MR) is 69.0 cm³/mol. The Morgan fingerprint density at radius 1 is 1.44 bits per heavy atom. The van der Waals surface area contributed by atoms with Crippen molar-refractivity contribution in [3.05, 3.63) is 0 Å². The van der Waals surface area contributed by atoms with Gasteiger partial charge < -0.3 is 16.2 Å². The molecule has 4 N–H and O–H groups in total. The van der Waals surface area contributed by atoms with Crippen molar-refractivity contribution in [2.75, 3.05) is 6.54 Å². The van der Waals surface area contributed by atoms with E-state index in [1.54, 1.807) is 0 Å². The highest BCUT2D eigenvalue weighted by Crippen LogP contribution is 2.24. The van der Waals surface area contributed by atoms with Gasteiger partial charge in [0.15, 0.2) is 0 Å². The van der Waals surface area contributed by atoms with Gasteiger partial charge >= 0.3 is 5.97 Å². The molecule has 3 atom stereocenters. The largest absolute Gasteiger partial charge is 0.481 e. The van der Waals surface area contributed by atoms with E-state index in [2.05, 4.69) is 5.32 Å². The predicted octanol–water partition coefficient (Wildman–Crippen LogP) is 1.12. The number of carbonyl (C=O) groups is 2. The Morgan fingerprint density at radius 2 is 2.17 bits per heavy atom. The van der Waals surface area contributed by atoms with E-state index in [-0.39, 0.29) is 23.8 Å². The summed E-state index contributed by atoms with van der Waals surface area (Å²) >= 11 is 0. The van der Waals surface area contributed by atoms with Gasteiger partial charge in [-0.3, -0.25) is 9.59 Å². The van der Waals surface area contributed by atoms with Crippen LogP contribution in [-0.4, -0.2) is 29.6 Å². The SMILES string of the molecule is CCC(CN)CC(=O)NC1CCCC(C(=O)O)C1. The lowest BCUT2D eigenvalue weighted by Crippen LogP contribution is -2.40. The first-order valence-electron chi connectivity index (χ1n) is 6.79. The first-order valence-corrected chi connectivity index (χ1v) is 6.79. The van der Waals surface area contributed by atoms with Crippen molar-refractivity contribution in [1.82, 2.24) is 5.32 Å². The minimum atomic E-state index is -0.748. The third-order valence-corrected chi connectivity index (χ3v) is 3.77. The molecule has 1 aliphatic rings. The van der Waals surface area contributed by atoms with Gasteiger partial charge in [-0.15, -0.1) is 0 Å². The number of rotatable bonds is 6. The molecule has 0 aliphatic heterocycles. The molecule has 0 bridgehead atoms. The van der Waals surface area contributed by atoms with E-state index in [0.29, 0.717) is 19.4 Å². The second kappa shape index (κ2) is 7.36. The van der Waals surface area contributed by atoms with E-state index >= 15 is 0 Å². The summed E-state index contributed by atoms with van der Waals surface area (Å²) in [7, 11) is 0. The molecule has 5 nitrogen and oxygen atoms in total. The fourth-order valence-electron chi connectivity index (χ4n) is 2.49. The third kappa shape index (κ3) is 4.64. The number of carboxylic acids is 1. The monoisotopic (exact) mass is 256 g/mol. The topological polar surface area (TPSA) is 92.4 Å². The zero-order valence-corrected chi connectivity index (χ0v) is 11.0. The standard InChI is InChI=1S/C13H24N2O3/c1-2-9(8-14)6-12(16)15-11-5-3-4-10(7-11)13(17)18/h9-11H,2-8,14H2,1H3,(H,15,16)(H,17,18). The minimum Gasteiger partial charge on any atom is -0.481 e. The molecule has 0 spiro atoms. The van der Waals surface area contributed by atoms with Gasteiger partial charge in [0.2, 0.25) is 5.91 Å². The molecule has 18 heavy (non-hydrogen) atoms. The number of aliphatic carboxylic acids is 1. The van der Waals surface area contributed by atoms with Crippen LogP contribution in [0, 0.1) is 11.8 Å². The second-order valence-corrected chi connectivity index (χ2v) is 5.18. The Balaban J connectivity index is 2.37. The number of hydrogen-bond donors (Lipinski definition) is 3. The molecule has 1 amide bonds. The fraction of sp³-hybridized carbons (Fsp3) is 0.846. The Hall–Kier alpha value is -1.10. The van der Waals surface area contributed by atoms with Gasteiger partial charge in [-0.2, -0.15) is 0 Å². The van der Waals surface area contributed by atoms with Crippen LogP contribution >= 0.6 is 0 Å². The number of nitrogens with two attached hydrogens (primary N) is 1. The lowest BCUT2D eigenvalue weighted by molar-refractivity contribution is -0.143. The van der Waals surface area contributed by atoms with Gasteiger partial charge in [-0.25, -0.2) is 0 Å². The van der Waals surface area contributed by atoms with Gasteiger partial charge in [0.1, 0.15) is 0 Å². The summed E-state index contributed by atoms with van der Waals surface area (Å²) in [5, 5.41) is 11.9. The molecule has 0 aromatic heterocycles. The smallest absolute Gasteiger partial charge is 0.306 e. The molecule has 3 unspecified atom stereocenters. The number of hydrogen-bond acceptors (Lipinski definition) is 3. The molecule has 5 heteroatoms. The van der Waals surface area contributed by atoms with Crippen LogP contribution in [0.1, 0.15) is 45.4 Å². The van der Waals surface area contributed by atoms with Gasteiger partial charge in [0.05, 0.1) is 5.92 Å². The van der Waals surface area contributed by atoms with Crippen molar-refractivity contribution in [3.63, 3.8) is 0 Å². The molecular weight excluding hydrogens is 232 g/mol. The molecular formula is C13H24N2O3. The van der Waals surface area contributed by atoms with E-state index in [0.717, 1.165) is 25.7 Å². The highest BCUT2D eigenvalue weighted by Gasteiger charge is 2.27. The molecule has 0 heterocycles. The van der Waals surface area contributed by atoms with Gasteiger partial charge in [0, 0.05) is 12.5 Å². The fourth-order valence-corrected chi connectivity index (χ4v) is 2.49. The quantitative estimate of drug-likeness (QED) is 0.664. The lowest BCUT2D eigenvalue weighted by Gasteiger charge is -2.27. The molecule has 1 saturated carbocycles.